The van der Waals surface area contributed by atoms with E-state index in [1.807, 2.05) is 0 Å². The number of aromatic carboxylic acids is 1. The Kier molecular flexibility index (Phi) is 2.23. The van der Waals surface area contributed by atoms with Gasteiger partial charge in [-0.15, -0.1) is 0 Å². The average molecular weight is 183 g/mol. The standard InChI is InChI=1S/C7H9N3O3/c1-4(11)3-10-6(8)5(2-9-10)7(12)13/h2,11H,1,3,8H2,(H,12,13). The molecule has 0 bridgehead atoms. The second-order valence-electron chi connectivity index (χ2n) is 2.47. The lowest BCUT2D eigenvalue weighted by atomic mass is 10.3. The molecule has 0 unspecified atom stereocenters. The number of anilines is 1. The largest absolute Gasteiger partial charge is 0.511 e. The van der Waals surface area contributed by atoms with E-state index >= 15 is 0 Å². The highest BCUT2D eigenvalue weighted by atomic mass is 16.4. The van der Waals surface area contributed by atoms with Crippen molar-refractivity contribution in [2.24, 2.45) is 0 Å². The summed E-state index contributed by atoms with van der Waals surface area (Å²) >= 11 is 0. The van der Waals surface area contributed by atoms with E-state index in [4.69, 9.17) is 15.9 Å². The van der Waals surface area contributed by atoms with E-state index < -0.39 is 5.97 Å². The minimum Gasteiger partial charge on any atom is -0.511 e. The number of nitrogen functional groups attached to an aromatic ring is 1. The first-order valence-corrected chi connectivity index (χ1v) is 3.43. The first-order chi connectivity index (χ1) is 6.02. The van der Waals surface area contributed by atoms with Gasteiger partial charge < -0.3 is 15.9 Å². The van der Waals surface area contributed by atoms with Crippen molar-refractivity contribution in [3.63, 3.8) is 0 Å². The molecular weight excluding hydrogens is 174 g/mol. The van der Waals surface area contributed by atoms with Crippen LogP contribution in [0.5, 0.6) is 0 Å². The molecule has 1 rings (SSSR count). The van der Waals surface area contributed by atoms with Crippen molar-refractivity contribution in [3.8, 4) is 0 Å². The van der Waals surface area contributed by atoms with E-state index in [2.05, 4.69) is 11.7 Å². The molecule has 0 radical (unpaired) electrons. The Balaban J connectivity index is 2.99. The van der Waals surface area contributed by atoms with Gasteiger partial charge in [-0.25, -0.2) is 9.48 Å². The summed E-state index contributed by atoms with van der Waals surface area (Å²) in [5.41, 5.74) is 5.34. The molecule has 1 aromatic rings. The lowest BCUT2D eigenvalue weighted by Crippen LogP contribution is -2.08. The van der Waals surface area contributed by atoms with Crippen LogP contribution in [0.1, 0.15) is 10.4 Å². The van der Waals surface area contributed by atoms with E-state index in [-0.39, 0.29) is 23.7 Å². The number of aliphatic hydroxyl groups is 1. The number of allylic oxidation sites excluding steroid dienone is 1. The van der Waals surface area contributed by atoms with E-state index in [9.17, 15) is 4.79 Å². The van der Waals surface area contributed by atoms with Crippen LogP contribution in [0, 0.1) is 0 Å². The van der Waals surface area contributed by atoms with Crippen LogP contribution in [-0.4, -0.2) is 26.0 Å². The van der Waals surface area contributed by atoms with Gasteiger partial charge in [-0.05, 0) is 0 Å². The quantitative estimate of drug-likeness (QED) is 0.582. The predicted molar refractivity (Wildman–Crippen MR) is 45.4 cm³/mol. The molecule has 0 aliphatic heterocycles. The fourth-order valence-electron chi connectivity index (χ4n) is 0.858. The first-order valence-electron chi connectivity index (χ1n) is 3.43. The van der Waals surface area contributed by atoms with Crippen LogP contribution >= 0.6 is 0 Å². The third-order valence-electron chi connectivity index (χ3n) is 1.44. The van der Waals surface area contributed by atoms with Gasteiger partial charge in [0.15, 0.2) is 0 Å². The van der Waals surface area contributed by atoms with Crippen molar-refractivity contribution >= 4 is 11.8 Å². The van der Waals surface area contributed by atoms with Crippen LogP contribution < -0.4 is 5.73 Å². The number of aromatic nitrogens is 2. The van der Waals surface area contributed by atoms with Crippen LogP contribution in [0.15, 0.2) is 18.5 Å². The molecule has 0 saturated carbocycles. The molecule has 0 spiro atoms. The average Bonchev–Trinajstić information content (AvgIpc) is 2.32. The maximum atomic E-state index is 10.5. The third-order valence-corrected chi connectivity index (χ3v) is 1.44. The Hall–Kier alpha value is -1.98. The molecule has 4 N–H and O–H groups in total. The zero-order chi connectivity index (χ0) is 10.0. The van der Waals surface area contributed by atoms with Gasteiger partial charge in [0, 0.05) is 0 Å². The number of hydrogen-bond acceptors (Lipinski definition) is 4. The molecule has 0 saturated heterocycles. The smallest absolute Gasteiger partial charge is 0.341 e. The Morgan fingerprint density at radius 2 is 2.31 bits per heavy atom. The summed E-state index contributed by atoms with van der Waals surface area (Å²) in [5.74, 6) is -1.28. The SMILES string of the molecule is C=C(O)Cn1ncc(C(=O)O)c1N. The summed E-state index contributed by atoms with van der Waals surface area (Å²) in [6, 6.07) is 0. The summed E-state index contributed by atoms with van der Waals surface area (Å²) in [6.07, 6.45) is 1.13. The molecule has 0 atom stereocenters. The number of carboxylic acids is 1. The summed E-state index contributed by atoms with van der Waals surface area (Å²) in [5, 5.41) is 21.1. The van der Waals surface area contributed by atoms with Crippen molar-refractivity contribution in [2.75, 3.05) is 5.73 Å². The van der Waals surface area contributed by atoms with Gasteiger partial charge in [0.05, 0.1) is 12.7 Å². The zero-order valence-corrected chi connectivity index (χ0v) is 6.77. The number of rotatable bonds is 3. The number of aliphatic hydroxyl groups excluding tert-OH is 1. The number of hydrogen-bond donors (Lipinski definition) is 3. The predicted octanol–water partition coefficient (Wildman–Crippen LogP) is 0.235. The highest BCUT2D eigenvalue weighted by molar-refractivity contribution is 5.92. The van der Waals surface area contributed by atoms with Gasteiger partial charge in [-0.3, -0.25) is 0 Å². The van der Waals surface area contributed by atoms with E-state index in [1.54, 1.807) is 0 Å². The molecule has 70 valence electrons. The van der Waals surface area contributed by atoms with Crippen LogP contribution in [0.25, 0.3) is 0 Å². The van der Waals surface area contributed by atoms with E-state index in [0.717, 1.165) is 10.9 Å². The second-order valence-corrected chi connectivity index (χ2v) is 2.47. The maximum Gasteiger partial charge on any atom is 0.341 e. The van der Waals surface area contributed by atoms with Crippen LogP contribution in [0.4, 0.5) is 5.82 Å². The molecule has 13 heavy (non-hydrogen) atoms. The summed E-state index contributed by atoms with van der Waals surface area (Å²) in [4.78, 5) is 10.5. The fourth-order valence-corrected chi connectivity index (χ4v) is 0.858. The lowest BCUT2D eigenvalue weighted by Gasteiger charge is -2.01. The minimum atomic E-state index is -1.15. The number of carbonyl (C=O) groups is 1. The van der Waals surface area contributed by atoms with Gasteiger partial charge in [0.25, 0.3) is 0 Å². The van der Waals surface area contributed by atoms with Crippen LogP contribution in [0.3, 0.4) is 0 Å². The number of nitrogens with zero attached hydrogens (tertiary/aromatic N) is 2. The zero-order valence-electron chi connectivity index (χ0n) is 6.77. The Bertz CT molecular complexity index is 356. The van der Waals surface area contributed by atoms with Gasteiger partial charge in [-0.1, -0.05) is 6.58 Å². The number of nitrogens with two attached hydrogens (primary N) is 1. The Labute approximate surface area is 73.9 Å². The second kappa shape index (κ2) is 3.18. The van der Waals surface area contributed by atoms with Crippen molar-refractivity contribution < 1.29 is 15.0 Å². The molecule has 1 aromatic heterocycles. The first kappa shape index (κ1) is 9.11. The van der Waals surface area contributed by atoms with Gasteiger partial charge in [0.2, 0.25) is 0 Å². The minimum absolute atomic E-state index is 0.000880. The Morgan fingerprint density at radius 3 is 2.69 bits per heavy atom. The van der Waals surface area contributed by atoms with Crippen molar-refractivity contribution in [2.45, 2.75) is 6.54 Å². The Morgan fingerprint density at radius 1 is 1.69 bits per heavy atom. The maximum absolute atomic E-state index is 10.5. The van der Waals surface area contributed by atoms with E-state index in [1.165, 1.54) is 0 Å². The third kappa shape index (κ3) is 1.78. The molecule has 0 aliphatic rings. The summed E-state index contributed by atoms with van der Waals surface area (Å²) in [7, 11) is 0. The number of carboxylic acid groups (broad SMARTS) is 1. The van der Waals surface area contributed by atoms with E-state index in [0.29, 0.717) is 0 Å². The summed E-state index contributed by atoms with van der Waals surface area (Å²) < 4.78 is 1.16. The van der Waals surface area contributed by atoms with Crippen LogP contribution in [-0.2, 0) is 6.54 Å². The molecule has 0 aliphatic carbocycles. The van der Waals surface area contributed by atoms with Crippen molar-refractivity contribution in [1.82, 2.24) is 9.78 Å². The van der Waals surface area contributed by atoms with Gasteiger partial charge in [0.1, 0.15) is 17.1 Å². The molecule has 0 fully saturated rings. The molecular formula is C7H9N3O3. The summed E-state index contributed by atoms with van der Waals surface area (Å²) in [6.45, 7) is 3.24. The molecule has 1 heterocycles. The lowest BCUT2D eigenvalue weighted by molar-refractivity contribution is 0.0698. The van der Waals surface area contributed by atoms with Crippen molar-refractivity contribution in [3.05, 3.63) is 24.1 Å². The normalized spacial score (nSPS) is 9.85. The van der Waals surface area contributed by atoms with Gasteiger partial charge in [-0.2, -0.15) is 5.10 Å². The van der Waals surface area contributed by atoms with Gasteiger partial charge >= 0.3 is 5.97 Å². The fraction of sp³-hybridized carbons (Fsp3) is 0.143. The molecule has 0 aromatic carbocycles. The monoisotopic (exact) mass is 183 g/mol. The molecule has 0 amide bonds. The van der Waals surface area contributed by atoms with Crippen LogP contribution in [0.2, 0.25) is 0 Å². The molecule has 6 nitrogen and oxygen atoms in total. The molecule has 6 heteroatoms. The van der Waals surface area contributed by atoms with Crippen molar-refractivity contribution in [1.29, 1.82) is 0 Å². The highest BCUT2D eigenvalue weighted by Gasteiger charge is 2.13. The highest BCUT2D eigenvalue weighted by Crippen LogP contribution is 2.11. The topological polar surface area (TPSA) is 101 Å².